The van der Waals surface area contributed by atoms with Gasteiger partial charge in [0, 0.05) is 0 Å². The van der Waals surface area contributed by atoms with Crippen LogP contribution in [0.1, 0.15) is 37.8 Å². The summed E-state index contributed by atoms with van der Waals surface area (Å²) in [6.45, 7) is 3.35. The molecule has 0 aliphatic heterocycles. The van der Waals surface area contributed by atoms with Gasteiger partial charge in [0.15, 0.2) is 0 Å². The van der Waals surface area contributed by atoms with Crippen molar-refractivity contribution in [2.75, 3.05) is 0 Å². The molecule has 3 nitrogen and oxygen atoms in total. The van der Waals surface area contributed by atoms with Crippen molar-refractivity contribution in [2.24, 2.45) is 0 Å². The highest BCUT2D eigenvalue weighted by Gasteiger charge is 2.34. The van der Waals surface area contributed by atoms with Gasteiger partial charge in [0.1, 0.15) is 5.75 Å². The Morgan fingerprint density at radius 3 is 2.45 bits per heavy atom. The molecule has 0 radical (unpaired) electrons. The summed E-state index contributed by atoms with van der Waals surface area (Å²) in [6.07, 6.45) is -4.36. The van der Waals surface area contributed by atoms with E-state index in [1.807, 2.05) is 0 Å². The van der Waals surface area contributed by atoms with Gasteiger partial charge in [-0.15, -0.1) is 0 Å². The van der Waals surface area contributed by atoms with Crippen LogP contribution >= 0.6 is 0 Å². The molecule has 110 valence electrons. The first-order valence-electron chi connectivity index (χ1n) is 6.20. The third-order valence-electron chi connectivity index (χ3n) is 2.75. The fraction of sp³-hybridized carbons (Fsp3) is 0.500. The lowest BCUT2D eigenvalue weighted by atomic mass is 10.1. The smallest absolute Gasteiger partial charge is 0.417 e. The molecule has 0 fully saturated rings. The van der Waals surface area contributed by atoms with E-state index >= 15 is 0 Å². The van der Waals surface area contributed by atoms with Gasteiger partial charge in [0.25, 0.3) is 0 Å². The lowest BCUT2D eigenvalue weighted by Gasteiger charge is -2.17. The second kappa shape index (κ2) is 6.62. The van der Waals surface area contributed by atoms with Gasteiger partial charge in [-0.3, -0.25) is 0 Å². The SMILES string of the molecule is C[C@H](CC[C@@H](C)O)Oc1ccc(C#N)c(C(F)(F)F)c1. The van der Waals surface area contributed by atoms with Gasteiger partial charge in [-0.2, -0.15) is 18.4 Å². The predicted molar refractivity (Wildman–Crippen MR) is 67.2 cm³/mol. The van der Waals surface area contributed by atoms with Crippen LogP contribution in [0.3, 0.4) is 0 Å². The van der Waals surface area contributed by atoms with Crippen molar-refractivity contribution in [2.45, 2.75) is 45.1 Å². The van der Waals surface area contributed by atoms with Gasteiger partial charge >= 0.3 is 6.18 Å². The Labute approximate surface area is 115 Å². The quantitative estimate of drug-likeness (QED) is 0.901. The average Bonchev–Trinajstić information content (AvgIpc) is 2.35. The Balaban J connectivity index is 2.85. The summed E-state index contributed by atoms with van der Waals surface area (Å²) in [5.41, 5.74) is -1.43. The average molecular weight is 287 g/mol. The molecule has 0 aliphatic rings. The predicted octanol–water partition coefficient (Wildman–Crippen LogP) is 3.51. The van der Waals surface area contributed by atoms with Crippen LogP contribution in [0.25, 0.3) is 0 Å². The molecular weight excluding hydrogens is 271 g/mol. The van der Waals surface area contributed by atoms with Crippen LogP contribution in [0.5, 0.6) is 5.75 Å². The number of alkyl halides is 3. The lowest BCUT2D eigenvalue weighted by molar-refractivity contribution is -0.137. The largest absolute Gasteiger partial charge is 0.491 e. The summed E-state index contributed by atoms with van der Waals surface area (Å²) in [7, 11) is 0. The highest BCUT2D eigenvalue weighted by atomic mass is 19.4. The monoisotopic (exact) mass is 287 g/mol. The molecule has 0 aliphatic carbocycles. The molecule has 20 heavy (non-hydrogen) atoms. The molecule has 1 rings (SSSR count). The van der Waals surface area contributed by atoms with E-state index in [0.717, 1.165) is 12.1 Å². The van der Waals surface area contributed by atoms with Crippen molar-refractivity contribution in [3.8, 4) is 11.8 Å². The molecule has 0 bridgehead atoms. The Bertz CT molecular complexity index is 492. The third-order valence-corrected chi connectivity index (χ3v) is 2.75. The fourth-order valence-corrected chi connectivity index (χ4v) is 1.70. The van der Waals surface area contributed by atoms with Gasteiger partial charge in [0.2, 0.25) is 0 Å². The van der Waals surface area contributed by atoms with Crippen LogP contribution in [0.4, 0.5) is 13.2 Å². The summed E-state index contributed by atoms with van der Waals surface area (Å²) in [5, 5.41) is 17.8. The number of hydrogen-bond acceptors (Lipinski definition) is 3. The normalized spacial score (nSPS) is 14.4. The van der Waals surface area contributed by atoms with E-state index < -0.39 is 23.4 Å². The molecule has 2 atom stereocenters. The van der Waals surface area contributed by atoms with Crippen LogP contribution < -0.4 is 4.74 Å². The molecule has 0 saturated carbocycles. The van der Waals surface area contributed by atoms with E-state index in [1.54, 1.807) is 13.8 Å². The molecular formula is C14H16F3NO2. The highest BCUT2D eigenvalue weighted by molar-refractivity contribution is 5.44. The van der Waals surface area contributed by atoms with Crippen LogP contribution in [-0.4, -0.2) is 17.3 Å². The maximum atomic E-state index is 12.8. The van der Waals surface area contributed by atoms with E-state index in [1.165, 1.54) is 12.1 Å². The van der Waals surface area contributed by atoms with E-state index in [9.17, 15) is 13.2 Å². The molecule has 0 unspecified atom stereocenters. The number of aliphatic hydroxyl groups excluding tert-OH is 1. The fourth-order valence-electron chi connectivity index (χ4n) is 1.70. The Kier molecular flexibility index (Phi) is 5.40. The van der Waals surface area contributed by atoms with Crippen molar-refractivity contribution in [3.63, 3.8) is 0 Å². The van der Waals surface area contributed by atoms with Crippen molar-refractivity contribution < 1.29 is 23.0 Å². The van der Waals surface area contributed by atoms with Gasteiger partial charge in [-0.1, -0.05) is 0 Å². The van der Waals surface area contributed by atoms with Gasteiger partial charge in [-0.25, -0.2) is 0 Å². The number of nitrogens with zero attached hydrogens (tertiary/aromatic N) is 1. The van der Waals surface area contributed by atoms with Crippen molar-refractivity contribution in [3.05, 3.63) is 29.3 Å². The zero-order valence-electron chi connectivity index (χ0n) is 11.2. The molecule has 1 aromatic carbocycles. The number of halogens is 3. The van der Waals surface area contributed by atoms with Crippen molar-refractivity contribution in [1.29, 1.82) is 5.26 Å². The molecule has 0 saturated heterocycles. The van der Waals surface area contributed by atoms with Crippen molar-refractivity contribution >= 4 is 0 Å². The number of ether oxygens (including phenoxy) is 1. The second-order valence-corrected chi connectivity index (χ2v) is 4.67. The van der Waals surface area contributed by atoms with E-state index in [0.29, 0.717) is 12.8 Å². The maximum Gasteiger partial charge on any atom is 0.417 e. The molecule has 6 heteroatoms. The number of hydrogen-bond donors (Lipinski definition) is 1. The Morgan fingerprint density at radius 1 is 1.30 bits per heavy atom. The van der Waals surface area contributed by atoms with Crippen molar-refractivity contribution in [1.82, 2.24) is 0 Å². The van der Waals surface area contributed by atoms with Crippen LogP contribution in [0, 0.1) is 11.3 Å². The molecule has 0 amide bonds. The number of benzene rings is 1. The minimum atomic E-state index is -4.59. The summed E-state index contributed by atoms with van der Waals surface area (Å²) in [4.78, 5) is 0. The second-order valence-electron chi connectivity index (χ2n) is 4.67. The maximum absolute atomic E-state index is 12.8. The number of aliphatic hydroxyl groups is 1. The zero-order valence-corrected chi connectivity index (χ0v) is 11.2. The topological polar surface area (TPSA) is 53.2 Å². The van der Waals surface area contributed by atoms with E-state index in [-0.39, 0.29) is 11.9 Å². The van der Waals surface area contributed by atoms with Gasteiger partial charge in [0.05, 0.1) is 29.4 Å². The van der Waals surface area contributed by atoms with E-state index in [2.05, 4.69) is 0 Å². The molecule has 0 heterocycles. The van der Waals surface area contributed by atoms with Crippen LogP contribution in [0.15, 0.2) is 18.2 Å². The minimum absolute atomic E-state index is 0.0643. The van der Waals surface area contributed by atoms with E-state index in [4.69, 9.17) is 15.1 Å². The third kappa shape index (κ3) is 4.74. The Hall–Kier alpha value is -1.74. The summed E-state index contributed by atoms with van der Waals surface area (Å²) in [5.74, 6) is 0.0643. The van der Waals surface area contributed by atoms with Gasteiger partial charge < -0.3 is 9.84 Å². The zero-order chi connectivity index (χ0) is 15.3. The summed E-state index contributed by atoms with van der Waals surface area (Å²) < 4.78 is 43.7. The van der Waals surface area contributed by atoms with Crippen LogP contribution in [0.2, 0.25) is 0 Å². The molecule has 0 spiro atoms. The summed E-state index contributed by atoms with van der Waals surface area (Å²) in [6, 6.07) is 4.78. The first-order chi connectivity index (χ1) is 9.24. The highest BCUT2D eigenvalue weighted by Crippen LogP contribution is 2.34. The summed E-state index contributed by atoms with van der Waals surface area (Å²) >= 11 is 0. The molecule has 0 aromatic heterocycles. The number of rotatable bonds is 5. The first kappa shape index (κ1) is 16.3. The minimum Gasteiger partial charge on any atom is -0.491 e. The van der Waals surface area contributed by atoms with Gasteiger partial charge in [-0.05, 0) is 44.9 Å². The standard InChI is InChI=1S/C14H16F3NO2/c1-9(19)3-4-10(2)20-12-6-5-11(8-18)13(7-12)14(15,16)17/h5-7,9-10,19H,3-4H2,1-2H3/t9-,10-/m1/s1. The lowest BCUT2D eigenvalue weighted by Crippen LogP contribution is -2.15. The first-order valence-corrected chi connectivity index (χ1v) is 6.20. The van der Waals surface area contributed by atoms with Crippen LogP contribution in [-0.2, 0) is 6.18 Å². The molecule has 1 N–H and O–H groups in total. The number of nitriles is 1. The Morgan fingerprint density at radius 2 is 1.95 bits per heavy atom. The molecule has 1 aromatic rings.